The Bertz CT molecular complexity index is 760. The van der Waals surface area contributed by atoms with Crippen LogP contribution < -0.4 is 0 Å². The minimum absolute atomic E-state index is 0.0531. The zero-order chi connectivity index (χ0) is 17.4. The highest BCUT2D eigenvalue weighted by atomic mass is 16.5. The van der Waals surface area contributed by atoms with Gasteiger partial charge in [-0.05, 0) is 12.0 Å². The SMILES string of the molecule is CC(C)Cn1cnc2cc(C(=O)N3CCN(C4COC4)CC3)cnc21. The third-order valence-corrected chi connectivity index (χ3v) is 5.00. The predicted octanol–water partition coefficient (Wildman–Crippen LogP) is 1.24. The predicted molar refractivity (Wildman–Crippen MR) is 94.4 cm³/mol. The first kappa shape index (κ1) is 16.5. The Hall–Kier alpha value is -1.99. The quantitative estimate of drug-likeness (QED) is 0.836. The van der Waals surface area contributed by atoms with Gasteiger partial charge in [0.1, 0.15) is 5.52 Å². The second-order valence-corrected chi connectivity index (χ2v) is 7.38. The monoisotopic (exact) mass is 343 g/mol. The highest BCUT2D eigenvalue weighted by molar-refractivity contribution is 5.96. The van der Waals surface area contributed by atoms with Crippen LogP contribution in [0.2, 0.25) is 0 Å². The van der Waals surface area contributed by atoms with Crippen LogP contribution >= 0.6 is 0 Å². The Morgan fingerprint density at radius 3 is 2.64 bits per heavy atom. The summed E-state index contributed by atoms with van der Waals surface area (Å²) in [5.41, 5.74) is 2.26. The maximum Gasteiger partial charge on any atom is 0.255 e. The zero-order valence-corrected chi connectivity index (χ0v) is 14.9. The van der Waals surface area contributed by atoms with Crippen molar-refractivity contribution >= 4 is 17.1 Å². The molecule has 0 bridgehead atoms. The van der Waals surface area contributed by atoms with Crippen LogP contribution in [0, 0.1) is 5.92 Å². The number of amides is 1. The fourth-order valence-electron chi connectivity index (χ4n) is 3.50. The van der Waals surface area contributed by atoms with Gasteiger partial charge in [-0.1, -0.05) is 13.8 Å². The first-order valence-electron chi connectivity index (χ1n) is 9.04. The van der Waals surface area contributed by atoms with Gasteiger partial charge in [-0.3, -0.25) is 9.69 Å². The zero-order valence-electron chi connectivity index (χ0n) is 14.9. The highest BCUT2D eigenvalue weighted by Gasteiger charge is 2.30. The van der Waals surface area contributed by atoms with Gasteiger partial charge in [0.15, 0.2) is 5.65 Å². The number of aromatic nitrogens is 3. The number of carbonyl (C=O) groups excluding carboxylic acids is 1. The van der Waals surface area contributed by atoms with Gasteiger partial charge in [-0.2, -0.15) is 0 Å². The van der Waals surface area contributed by atoms with Crippen LogP contribution in [0.25, 0.3) is 11.2 Å². The standard InChI is InChI=1S/C18H25N5O2/c1-13(2)9-23-12-20-16-7-14(8-19-17(16)23)18(24)22-5-3-21(4-6-22)15-10-25-11-15/h7-8,12-13,15H,3-6,9-11H2,1-2H3. The van der Waals surface area contributed by atoms with E-state index in [-0.39, 0.29) is 5.91 Å². The van der Waals surface area contributed by atoms with E-state index >= 15 is 0 Å². The van der Waals surface area contributed by atoms with Crippen molar-refractivity contribution in [1.29, 1.82) is 0 Å². The molecule has 2 saturated heterocycles. The first-order chi connectivity index (χ1) is 12.1. The first-order valence-corrected chi connectivity index (χ1v) is 9.04. The van der Waals surface area contributed by atoms with E-state index in [4.69, 9.17) is 4.74 Å². The number of pyridine rings is 1. The van der Waals surface area contributed by atoms with E-state index < -0.39 is 0 Å². The molecule has 0 atom stereocenters. The lowest BCUT2D eigenvalue weighted by Crippen LogP contribution is -2.57. The number of fused-ring (bicyclic) bond motifs is 1. The fraction of sp³-hybridized carbons (Fsp3) is 0.611. The summed E-state index contributed by atoms with van der Waals surface area (Å²) < 4.78 is 7.31. The van der Waals surface area contributed by atoms with Crippen LogP contribution in [0.5, 0.6) is 0 Å². The van der Waals surface area contributed by atoms with Crippen molar-refractivity contribution in [2.75, 3.05) is 39.4 Å². The number of nitrogens with zero attached hydrogens (tertiary/aromatic N) is 5. The lowest BCUT2D eigenvalue weighted by Gasteiger charge is -2.42. The molecule has 2 fully saturated rings. The van der Waals surface area contributed by atoms with Crippen molar-refractivity contribution in [2.24, 2.45) is 5.92 Å². The van der Waals surface area contributed by atoms with E-state index in [0.29, 0.717) is 17.5 Å². The molecule has 25 heavy (non-hydrogen) atoms. The molecule has 4 heterocycles. The topological polar surface area (TPSA) is 63.5 Å². The Morgan fingerprint density at radius 2 is 2.00 bits per heavy atom. The maximum absolute atomic E-state index is 12.8. The largest absolute Gasteiger partial charge is 0.378 e. The van der Waals surface area contributed by atoms with E-state index in [0.717, 1.165) is 57.1 Å². The maximum atomic E-state index is 12.8. The Kier molecular flexibility index (Phi) is 4.43. The van der Waals surface area contributed by atoms with Crippen LogP contribution in [0.3, 0.4) is 0 Å². The van der Waals surface area contributed by atoms with E-state index in [9.17, 15) is 4.79 Å². The average molecular weight is 343 g/mol. The van der Waals surface area contributed by atoms with E-state index in [1.165, 1.54) is 0 Å². The number of carbonyl (C=O) groups is 1. The molecule has 0 aromatic carbocycles. The lowest BCUT2D eigenvalue weighted by atomic mass is 10.1. The van der Waals surface area contributed by atoms with Gasteiger partial charge in [-0.15, -0.1) is 0 Å². The van der Waals surface area contributed by atoms with Gasteiger partial charge in [0.25, 0.3) is 5.91 Å². The summed E-state index contributed by atoms with van der Waals surface area (Å²) in [6.45, 7) is 10.2. The third kappa shape index (κ3) is 3.26. The highest BCUT2D eigenvalue weighted by Crippen LogP contribution is 2.17. The van der Waals surface area contributed by atoms with Gasteiger partial charge >= 0.3 is 0 Å². The molecular formula is C18H25N5O2. The van der Waals surface area contributed by atoms with Crippen LogP contribution in [0.4, 0.5) is 0 Å². The molecule has 7 nitrogen and oxygen atoms in total. The Labute approximate surface area is 147 Å². The summed E-state index contributed by atoms with van der Waals surface area (Å²) >= 11 is 0. The summed E-state index contributed by atoms with van der Waals surface area (Å²) in [6, 6.07) is 2.41. The average Bonchev–Trinajstić information content (AvgIpc) is 2.95. The van der Waals surface area contributed by atoms with Crippen LogP contribution in [-0.2, 0) is 11.3 Å². The Morgan fingerprint density at radius 1 is 1.24 bits per heavy atom. The van der Waals surface area contributed by atoms with Crippen LogP contribution in [-0.4, -0.2) is 75.7 Å². The summed E-state index contributed by atoms with van der Waals surface area (Å²) in [4.78, 5) is 26.1. The van der Waals surface area contributed by atoms with Gasteiger partial charge in [0.05, 0.1) is 31.1 Å². The molecule has 4 rings (SSSR count). The van der Waals surface area contributed by atoms with Crippen molar-refractivity contribution in [2.45, 2.75) is 26.4 Å². The fourth-order valence-corrected chi connectivity index (χ4v) is 3.50. The molecule has 2 aromatic heterocycles. The van der Waals surface area contributed by atoms with E-state index in [2.05, 4.69) is 28.7 Å². The molecule has 0 unspecified atom stereocenters. The summed E-state index contributed by atoms with van der Waals surface area (Å²) in [7, 11) is 0. The van der Waals surface area contributed by atoms with Crippen LogP contribution in [0.1, 0.15) is 24.2 Å². The van der Waals surface area contributed by atoms with Crippen molar-refractivity contribution < 1.29 is 9.53 Å². The molecule has 0 saturated carbocycles. The van der Waals surface area contributed by atoms with E-state index in [1.807, 2.05) is 21.9 Å². The molecule has 0 N–H and O–H groups in total. The number of hydrogen-bond acceptors (Lipinski definition) is 5. The van der Waals surface area contributed by atoms with Crippen molar-refractivity contribution in [1.82, 2.24) is 24.3 Å². The molecule has 2 aliphatic heterocycles. The second kappa shape index (κ2) is 6.72. The van der Waals surface area contributed by atoms with Gasteiger partial charge in [0.2, 0.25) is 0 Å². The van der Waals surface area contributed by atoms with Gasteiger partial charge in [0, 0.05) is 38.9 Å². The molecule has 2 aliphatic rings. The molecule has 134 valence electrons. The van der Waals surface area contributed by atoms with E-state index in [1.54, 1.807) is 6.20 Å². The summed E-state index contributed by atoms with van der Waals surface area (Å²) in [6.07, 6.45) is 3.50. The third-order valence-electron chi connectivity index (χ3n) is 5.00. The smallest absolute Gasteiger partial charge is 0.255 e. The summed E-state index contributed by atoms with van der Waals surface area (Å²) in [5, 5.41) is 0. The molecule has 1 amide bonds. The lowest BCUT2D eigenvalue weighted by molar-refractivity contribution is -0.0746. The molecule has 0 spiro atoms. The minimum Gasteiger partial charge on any atom is -0.378 e. The van der Waals surface area contributed by atoms with Crippen LogP contribution in [0.15, 0.2) is 18.6 Å². The van der Waals surface area contributed by atoms with Gasteiger partial charge in [-0.25, -0.2) is 9.97 Å². The normalized spacial score (nSPS) is 19.6. The number of imidazole rings is 1. The number of ether oxygens (including phenoxy) is 1. The minimum atomic E-state index is 0.0531. The summed E-state index contributed by atoms with van der Waals surface area (Å²) in [5.74, 6) is 0.579. The molecule has 2 aromatic rings. The molecule has 7 heteroatoms. The second-order valence-electron chi connectivity index (χ2n) is 7.38. The van der Waals surface area contributed by atoms with Crippen molar-refractivity contribution in [3.8, 4) is 0 Å². The number of hydrogen-bond donors (Lipinski definition) is 0. The number of rotatable bonds is 4. The van der Waals surface area contributed by atoms with Crippen molar-refractivity contribution in [3.05, 3.63) is 24.2 Å². The number of piperazine rings is 1. The molecular weight excluding hydrogens is 318 g/mol. The molecule has 0 radical (unpaired) electrons. The molecule has 0 aliphatic carbocycles. The Balaban J connectivity index is 1.45. The van der Waals surface area contributed by atoms with Gasteiger partial charge < -0.3 is 14.2 Å². The van der Waals surface area contributed by atoms with Crippen molar-refractivity contribution in [3.63, 3.8) is 0 Å².